The Labute approximate surface area is 144 Å². The van der Waals surface area contributed by atoms with Crippen molar-refractivity contribution in [1.29, 1.82) is 0 Å². The first-order chi connectivity index (χ1) is 12.0. The van der Waals surface area contributed by atoms with Gasteiger partial charge in [0.25, 0.3) is 15.9 Å². The lowest BCUT2D eigenvalue weighted by Gasteiger charge is -2.13. The van der Waals surface area contributed by atoms with Crippen LogP contribution in [0, 0.1) is 6.92 Å². The number of amides is 1. The maximum atomic E-state index is 12.5. The van der Waals surface area contributed by atoms with E-state index in [9.17, 15) is 13.2 Å². The van der Waals surface area contributed by atoms with Gasteiger partial charge in [-0.05, 0) is 31.2 Å². The van der Waals surface area contributed by atoms with E-state index in [4.69, 9.17) is 4.52 Å². The van der Waals surface area contributed by atoms with Gasteiger partial charge in [-0.25, -0.2) is 8.42 Å². The summed E-state index contributed by atoms with van der Waals surface area (Å²) in [7, 11) is -3.77. The van der Waals surface area contributed by atoms with Crippen molar-refractivity contribution in [2.75, 3.05) is 10.0 Å². The average Bonchev–Trinajstić information content (AvgIpc) is 3.03. The standard InChI is InChI=1S/C17H15N3O4S/c1-12-14(11-18-24-12)17(21)19-15-9-5-6-10-16(15)20-25(22,23)13-7-3-2-4-8-13/h2-11,20H,1H3,(H,19,21). The van der Waals surface area contributed by atoms with Gasteiger partial charge in [0.2, 0.25) is 0 Å². The Kier molecular flexibility index (Phi) is 4.53. The van der Waals surface area contributed by atoms with Crippen LogP contribution in [0.5, 0.6) is 0 Å². The Bertz CT molecular complexity index is 997. The van der Waals surface area contributed by atoms with Crippen LogP contribution in [0.4, 0.5) is 11.4 Å². The second kappa shape index (κ2) is 6.78. The Morgan fingerprint density at radius 3 is 2.28 bits per heavy atom. The Morgan fingerprint density at radius 2 is 1.64 bits per heavy atom. The van der Waals surface area contributed by atoms with Crippen LogP contribution < -0.4 is 10.0 Å². The molecule has 0 aliphatic carbocycles. The summed E-state index contributed by atoms with van der Waals surface area (Å²) in [5, 5.41) is 6.22. The molecule has 0 saturated carbocycles. The third-order valence-electron chi connectivity index (χ3n) is 3.47. The third-order valence-corrected chi connectivity index (χ3v) is 4.85. The molecule has 0 aliphatic heterocycles. The van der Waals surface area contributed by atoms with Crippen molar-refractivity contribution in [3.63, 3.8) is 0 Å². The number of benzene rings is 2. The molecule has 1 heterocycles. The second-order valence-electron chi connectivity index (χ2n) is 5.21. The number of hydrogen-bond acceptors (Lipinski definition) is 5. The number of sulfonamides is 1. The molecule has 0 radical (unpaired) electrons. The van der Waals surface area contributed by atoms with Gasteiger partial charge >= 0.3 is 0 Å². The second-order valence-corrected chi connectivity index (χ2v) is 6.90. The number of aryl methyl sites for hydroxylation is 1. The molecule has 0 unspecified atom stereocenters. The molecule has 1 aromatic heterocycles. The van der Waals surface area contributed by atoms with Crippen molar-refractivity contribution < 1.29 is 17.7 Å². The molecule has 3 rings (SSSR count). The fraction of sp³-hybridized carbons (Fsp3) is 0.0588. The highest BCUT2D eigenvalue weighted by Gasteiger charge is 2.18. The van der Waals surface area contributed by atoms with Gasteiger partial charge in [-0.1, -0.05) is 35.5 Å². The number of carbonyl (C=O) groups is 1. The molecule has 0 spiro atoms. The Balaban J connectivity index is 1.87. The molecule has 0 aliphatic rings. The van der Waals surface area contributed by atoms with E-state index in [2.05, 4.69) is 15.2 Å². The SMILES string of the molecule is Cc1oncc1C(=O)Nc1ccccc1NS(=O)(=O)c1ccccc1. The number of hydrogen-bond donors (Lipinski definition) is 2. The van der Waals surface area contributed by atoms with Gasteiger partial charge in [0.1, 0.15) is 11.3 Å². The van der Waals surface area contributed by atoms with Crippen LogP contribution >= 0.6 is 0 Å². The first kappa shape index (κ1) is 16.7. The lowest BCUT2D eigenvalue weighted by atomic mass is 10.2. The fourth-order valence-corrected chi connectivity index (χ4v) is 3.29. The van der Waals surface area contributed by atoms with Crippen molar-refractivity contribution in [2.45, 2.75) is 11.8 Å². The lowest BCUT2D eigenvalue weighted by molar-refractivity contribution is 0.102. The summed E-state index contributed by atoms with van der Waals surface area (Å²) < 4.78 is 32.3. The van der Waals surface area contributed by atoms with Crippen molar-refractivity contribution in [1.82, 2.24) is 5.16 Å². The van der Waals surface area contributed by atoms with E-state index in [1.165, 1.54) is 18.3 Å². The maximum Gasteiger partial charge on any atom is 0.261 e. The van der Waals surface area contributed by atoms with Gasteiger partial charge in [-0.15, -0.1) is 0 Å². The first-order valence-electron chi connectivity index (χ1n) is 7.37. The van der Waals surface area contributed by atoms with Crippen LogP contribution in [0.15, 0.2) is 70.2 Å². The number of nitrogens with one attached hydrogen (secondary N) is 2. The van der Waals surface area contributed by atoms with Crippen LogP contribution in [0.1, 0.15) is 16.1 Å². The largest absolute Gasteiger partial charge is 0.361 e. The number of carbonyl (C=O) groups excluding carboxylic acids is 1. The van der Waals surface area contributed by atoms with E-state index in [1.807, 2.05) is 0 Å². The van der Waals surface area contributed by atoms with Gasteiger partial charge in [0.15, 0.2) is 0 Å². The monoisotopic (exact) mass is 357 g/mol. The molecule has 2 aromatic carbocycles. The Hall–Kier alpha value is -3.13. The predicted molar refractivity (Wildman–Crippen MR) is 92.9 cm³/mol. The van der Waals surface area contributed by atoms with Gasteiger partial charge in [0.05, 0.1) is 22.5 Å². The molecule has 8 heteroatoms. The van der Waals surface area contributed by atoms with E-state index in [1.54, 1.807) is 49.4 Å². The molecule has 3 aromatic rings. The van der Waals surface area contributed by atoms with Crippen LogP contribution in [0.3, 0.4) is 0 Å². The smallest absolute Gasteiger partial charge is 0.261 e. The minimum Gasteiger partial charge on any atom is -0.361 e. The van der Waals surface area contributed by atoms with Gasteiger partial charge in [-0.2, -0.15) is 0 Å². The normalized spacial score (nSPS) is 11.1. The number of para-hydroxylation sites is 2. The zero-order chi connectivity index (χ0) is 17.9. The molecule has 7 nitrogen and oxygen atoms in total. The van der Waals surface area contributed by atoms with Crippen LogP contribution in [0.2, 0.25) is 0 Å². The van der Waals surface area contributed by atoms with E-state index in [0.717, 1.165) is 0 Å². The summed E-state index contributed by atoms with van der Waals surface area (Å²) in [5.41, 5.74) is 0.863. The molecule has 0 atom stereocenters. The summed E-state index contributed by atoms with van der Waals surface area (Å²) in [6.07, 6.45) is 1.31. The number of anilines is 2. The minimum absolute atomic E-state index is 0.131. The van der Waals surface area contributed by atoms with Gasteiger partial charge in [-0.3, -0.25) is 9.52 Å². The molecule has 0 bridgehead atoms. The van der Waals surface area contributed by atoms with E-state index in [-0.39, 0.29) is 16.1 Å². The third kappa shape index (κ3) is 3.69. The predicted octanol–water partition coefficient (Wildman–Crippen LogP) is 3.04. The van der Waals surface area contributed by atoms with Crippen molar-refractivity contribution in [2.24, 2.45) is 0 Å². The molecular weight excluding hydrogens is 342 g/mol. The van der Waals surface area contributed by atoms with Crippen LogP contribution in [-0.2, 0) is 10.0 Å². The van der Waals surface area contributed by atoms with Crippen molar-refractivity contribution in [3.8, 4) is 0 Å². The summed E-state index contributed by atoms with van der Waals surface area (Å²) in [6, 6.07) is 14.5. The molecule has 1 amide bonds. The Morgan fingerprint density at radius 1 is 1.00 bits per heavy atom. The fourth-order valence-electron chi connectivity index (χ4n) is 2.19. The maximum absolute atomic E-state index is 12.5. The topological polar surface area (TPSA) is 101 Å². The summed E-state index contributed by atoms with van der Waals surface area (Å²) in [5.74, 6) is -0.0649. The quantitative estimate of drug-likeness (QED) is 0.731. The first-order valence-corrected chi connectivity index (χ1v) is 8.85. The average molecular weight is 357 g/mol. The summed E-state index contributed by atoms with van der Waals surface area (Å²) in [6.45, 7) is 1.62. The van der Waals surface area contributed by atoms with Crippen LogP contribution in [0.25, 0.3) is 0 Å². The molecule has 25 heavy (non-hydrogen) atoms. The van der Waals surface area contributed by atoms with E-state index >= 15 is 0 Å². The molecule has 0 fully saturated rings. The van der Waals surface area contributed by atoms with Crippen LogP contribution in [-0.4, -0.2) is 19.5 Å². The molecule has 0 saturated heterocycles. The summed E-state index contributed by atoms with van der Waals surface area (Å²) in [4.78, 5) is 12.4. The molecule has 128 valence electrons. The zero-order valence-corrected chi connectivity index (χ0v) is 14.1. The highest BCUT2D eigenvalue weighted by molar-refractivity contribution is 7.92. The number of aromatic nitrogens is 1. The molecule has 2 N–H and O–H groups in total. The molecular formula is C17H15N3O4S. The zero-order valence-electron chi connectivity index (χ0n) is 13.3. The highest BCUT2D eigenvalue weighted by atomic mass is 32.2. The van der Waals surface area contributed by atoms with Gasteiger partial charge in [0, 0.05) is 0 Å². The minimum atomic E-state index is -3.77. The van der Waals surface area contributed by atoms with Crippen molar-refractivity contribution >= 4 is 27.3 Å². The van der Waals surface area contributed by atoms with Crippen molar-refractivity contribution in [3.05, 3.63) is 72.1 Å². The van der Waals surface area contributed by atoms with Gasteiger partial charge < -0.3 is 9.84 Å². The van der Waals surface area contributed by atoms with E-state index in [0.29, 0.717) is 11.4 Å². The number of nitrogens with zero attached hydrogens (tertiary/aromatic N) is 1. The summed E-state index contributed by atoms with van der Waals surface area (Å²) >= 11 is 0. The van der Waals surface area contributed by atoms with E-state index < -0.39 is 15.9 Å². The number of rotatable bonds is 5. The lowest BCUT2D eigenvalue weighted by Crippen LogP contribution is -2.17. The highest BCUT2D eigenvalue weighted by Crippen LogP contribution is 2.25.